The van der Waals surface area contributed by atoms with E-state index in [9.17, 15) is 9.90 Å². The summed E-state index contributed by atoms with van der Waals surface area (Å²) in [6, 6.07) is 8.00. The SMILES string of the molecule is C1CCOC1.CCOC(=O)C1CCC(c2cnc(C)nc2OC[C@H]2C[C@@H]2c2ccc(OC)cn2)CC1.COc1ccc([C@H]2C[C@@H]2COc2nc(C)ncc2C2CCC(C(C)(C)O)CC2)nc1.[Br-].[CH3-].[Mg+2]. The van der Waals surface area contributed by atoms with Gasteiger partial charge >= 0.3 is 29.0 Å². The van der Waals surface area contributed by atoms with E-state index < -0.39 is 5.60 Å². The van der Waals surface area contributed by atoms with E-state index in [0.29, 0.717) is 73.0 Å². The van der Waals surface area contributed by atoms with Crippen molar-refractivity contribution in [3.8, 4) is 23.3 Å². The van der Waals surface area contributed by atoms with Crippen molar-refractivity contribution in [2.24, 2.45) is 23.7 Å². The normalized spacial score (nSPS) is 24.4. The monoisotopic (exact) mass is 1030 g/mol. The van der Waals surface area contributed by atoms with Crippen molar-refractivity contribution >= 4 is 29.0 Å². The second-order valence-electron chi connectivity index (χ2n) is 19.3. The van der Waals surface area contributed by atoms with E-state index in [1.165, 1.54) is 12.8 Å². The number of esters is 1. The molecular weight excluding hydrogens is 953 g/mol. The summed E-state index contributed by atoms with van der Waals surface area (Å²) in [6.07, 6.45) is 19.8. The van der Waals surface area contributed by atoms with Crippen LogP contribution >= 0.6 is 0 Å². The van der Waals surface area contributed by atoms with Gasteiger partial charge < -0.3 is 57.9 Å². The van der Waals surface area contributed by atoms with Gasteiger partial charge in [-0.15, -0.1) is 0 Å². The molecule has 1 saturated heterocycles. The predicted octanol–water partition coefficient (Wildman–Crippen LogP) is 6.49. The van der Waals surface area contributed by atoms with Crippen molar-refractivity contribution in [1.82, 2.24) is 29.9 Å². The molecule has 16 heteroatoms. The summed E-state index contributed by atoms with van der Waals surface area (Å²) in [5.74, 6) is 7.26. The smallest absolute Gasteiger partial charge is 1.00 e. The largest absolute Gasteiger partial charge is 2.00 e. The topological polar surface area (TPSA) is 170 Å². The number of aromatic nitrogens is 6. The van der Waals surface area contributed by atoms with Crippen LogP contribution < -0.4 is 35.9 Å². The minimum Gasteiger partial charge on any atom is -1.00 e. The predicted molar refractivity (Wildman–Crippen MR) is 262 cm³/mol. The number of rotatable bonds is 15. The number of methoxy groups -OCH3 is 2. The van der Waals surface area contributed by atoms with Gasteiger partial charge in [-0.3, -0.25) is 14.8 Å². The zero-order chi connectivity index (χ0) is 46.6. The van der Waals surface area contributed by atoms with Gasteiger partial charge in [0.2, 0.25) is 11.8 Å². The maximum atomic E-state index is 12.0. The van der Waals surface area contributed by atoms with Crippen LogP contribution in [-0.2, 0) is 14.3 Å². The molecule has 0 aromatic carbocycles. The average molecular weight is 1030 g/mol. The van der Waals surface area contributed by atoms with Crippen molar-refractivity contribution in [2.45, 2.75) is 141 Å². The molecule has 5 fully saturated rings. The number of aliphatic hydroxyl groups is 1. The first-order chi connectivity index (χ1) is 31.9. The van der Waals surface area contributed by atoms with Crippen LogP contribution in [0.15, 0.2) is 49.1 Å². The van der Waals surface area contributed by atoms with E-state index in [1.807, 2.05) is 71.3 Å². The molecule has 69 heavy (non-hydrogen) atoms. The van der Waals surface area contributed by atoms with Gasteiger partial charge in [-0.1, -0.05) is 0 Å². The molecule has 0 amide bonds. The third kappa shape index (κ3) is 16.7. The van der Waals surface area contributed by atoms with Crippen LogP contribution in [0, 0.1) is 44.9 Å². The molecule has 5 heterocycles. The van der Waals surface area contributed by atoms with Crippen LogP contribution in [0.4, 0.5) is 0 Å². The zero-order valence-electron chi connectivity index (χ0n) is 42.3. The Kier molecular flexibility index (Phi) is 23.3. The zero-order valence-corrected chi connectivity index (χ0v) is 45.3. The molecule has 1 aliphatic heterocycles. The number of pyridine rings is 2. The molecule has 4 aromatic heterocycles. The summed E-state index contributed by atoms with van der Waals surface area (Å²) in [5.41, 5.74) is 3.77. The third-order valence-corrected chi connectivity index (χ3v) is 14.0. The average Bonchev–Trinajstić information content (AvgIpc) is 4.23. The fraction of sp³-hybridized carbons (Fsp3) is 0.623. The molecule has 0 unspecified atom stereocenters. The van der Waals surface area contributed by atoms with E-state index in [2.05, 4.69) is 29.9 Å². The van der Waals surface area contributed by atoms with E-state index >= 15 is 0 Å². The Labute approximate surface area is 437 Å². The summed E-state index contributed by atoms with van der Waals surface area (Å²) in [4.78, 5) is 39.1. The number of ether oxygens (including phenoxy) is 6. The summed E-state index contributed by atoms with van der Waals surface area (Å²) < 4.78 is 33.0. The number of aryl methyl sites for hydroxylation is 2. The molecule has 4 aromatic rings. The van der Waals surface area contributed by atoms with Crippen LogP contribution in [0.2, 0.25) is 0 Å². The van der Waals surface area contributed by atoms with Gasteiger partial charge in [-0.05, 0) is 154 Å². The van der Waals surface area contributed by atoms with E-state index in [1.54, 1.807) is 26.6 Å². The first-order valence-corrected chi connectivity index (χ1v) is 24.3. The number of carbonyl (C=O) groups is 1. The van der Waals surface area contributed by atoms with Gasteiger partial charge in [-0.2, -0.15) is 9.97 Å². The van der Waals surface area contributed by atoms with Crippen LogP contribution in [0.5, 0.6) is 23.3 Å². The van der Waals surface area contributed by atoms with Gasteiger partial charge in [0, 0.05) is 71.8 Å². The molecule has 4 saturated carbocycles. The van der Waals surface area contributed by atoms with E-state index in [0.717, 1.165) is 123 Å². The van der Waals surface area contributed by atoms with Crippen molar-refractivity contribution in [3.05, 3.63) is 90.6 Å². The maximum Gasteiger partial charge on any atom is 2.00 e. The molecular formula is C53H75BrMgN6O8. The summed E-state index contributed by atoms with van der Waals surface area (Å²) in [7, 11) is 3.30. The van der Waals surface area contributed by atoms with Crippen LogP contribution in [0.1, 0.15) is 156 Å². The van der Waals surface area contributed by atoms with Crippen LogP contribution in [-0.4, -0.2) is 117 Å². The number of hydrogen-bond donors (Lipinski definition) is 1. The van der Waals surface area contributed by atoms with Gasteiger partial charge in [0.05, 0.1) is 58.0 Å². The molecule has 0 bridgehead atoms. The molecule has 1 N–H and O–H groups in total. The third-order valence-electron chi connectivity index (χ3n) is 14.0. The summed E-state index contributed by atoms with van der Waals surface area (Å²) >= 11 is 0. The van der Waals surface area contributed by atoms with Gasteiger partial charge in [0.15, 0.2) is 0 Å². The Balaban J connectivity index is 0.000000262. The fourth-order valence-electron chi connectivity index (χ4n) is 9.65. The Morgan fingerprint density at radius 2 is 1.14 bits per heavy atom. The summed E-state index contributed by atoms with van der Waals surface area (Å²) in [6.45, 7) is 13.2. The summed E-state index contributed by atoms with van der Waals surface area (Å²) in [5, 5.41) is 10.3. The minimum atomic E-state index is -0.607. The van der Waals surface area contributed by atoms with E-state index in [4.69, 9.17) is 28.4 Å². The number of nitrogens with zero attached hydrogens (tertiary/aromatic N) is 6. The molecule has 0 spiro atoms. The molecule has 374 valence electrons. The Morgan fingerprint density at radius 1 is 0.696 bits per heavy atom. The first-order valence-electron chi connectivity index (χ1n) is 24.3. The number of carbonyl (C=O) groups excluding carboxylic acids is 1. The standard InChI is InChI=1S/C24H31N3O4.C24H33N3O3.C4H8O.CH3.BrH.Mg/c1-4-30-24(28)17-7-5-16(6-8-17)21-13-25-15(2)27-23(21)31-14-18-11-20(18)22-10-9-19(29-3)12-26-22;1-15-25-13-21(16-5-7-18(8-6-16)24(2,3)28)23(27-15)30-14-17-11-20(17)22-10-9-19(29-4)12-26-22;1-2-4-5-3-1;;;/h9-10,12-13,16-18,20H,4-8,11,14H2,1-3H3;9-10,12-13,16-18,20,28H,5-8,11,14H2,1-4H3;1-4H2;1H3;1H;/q;;;-1;;+2/p-1/t16?,17?,18-,20+;16?,17-,18?,20+;;;;/m11..../s1. The number of hydrogen-bond acceptors (Lipinski definition) is 14. The maximum absolute atomic E-state index is 12.0. The van der Waals surface area contributed by atoms with Crippen molar-refractivity contribution in [1.29, 1.82) is 0 Å². The van der Waals surface area contributed by atoms with Crippen molar-refractivity contribution in [2.75, 3.05) is 47.3 Å². The Morgan fingerprint density at radius 3 is 1.51 bits per heavy atom. The fourth-order valence-corrected chi connectivity index (χ4v) is 9.65. The second kappa shape index (κ2) is 27.8. The number of halogens is 1. The molecule has 14 nitrogen and oxygen atoms in total. The van der Waals surface area contributed by atoms with Crippen LogP contribution in [0.3, 0.4) is 0 Å². The van der Waals surface area contributed by atoms with Crippen molar-refractivity contribution in [3.63, 3.8) is 0 Å². The first kappa shape index (κ1) is 57.9. The quantitative estimate of drug-likeness (QED) is 0.0779. The van der Waals surface area contributed by atoms with Gasteiger partial charge in [0.1, 0.15) is 23.1 Å². The van der Waals surface area contributed by atoms with E-state index in [-0.39, 0.29) is 59.3 Å². The molecule has 0 radical (unpaired) electrons. The minimum absolute atomic E-state index is 0. The second-order valence-corrected chi connectivity index (χ2v) is 19.3. The van der Waals surface area contributed by atoms with Gasteiger partial charge in [-0.25, -0.2) is 9.97 Å². The van der Waals surface area contributed by atoms with Crippen LogP contribution in [0.25, 0.3) is 0 Å². The Bertz CT molecular complexity index is 2140. The molecule has 9 rings (SSSR count). The molecule has 4 aliphatic carbocycles. The molecule has 5 aliphatic rings. The van der Waals surface area contributed by atoms with Gasteiger partial charge in [0.25, 0.3) is 0 Å². The molecule has 4 atom stereocenters. The Hall–Kier alpha value is -3.70. The van der Waals surface area contributed by atoms with Crippen molar-refractivity contribution < 1.29 is 55.3 Å².